The van der Waals surface area contributed by atoms with E-state index in [1.807, 2.05) is 0 Å². The molecule has 0 spiro atoms. The minimum absolute atomic E-state index is 0.00906. The summed E-state index contributed by atoms with van der Waals surface area (Å²) in [4.78, 5) is 46.0. The van der Waals surface area contributed by atoms with E-state index >= 15 is 0 Å². The van der Waals surface area contributed by atoms with Gasteiger partial charge in [0.2, 0.25) is 17.3 Å². The molecule has 13 heteroatoms. The van der Waals surface area contributed by atoms with Gasteiger partial charge in [-0.25, -0.2) is 14.8 Å². The smallest absolute Gasteiger partial charge is 0.354 e. The Morgan fingerprint density at radius 1 is 0.886 bits per heavy atom. The van der Waals surface area contributed by atoms with E-state index in [1.54, 1.807) is 0 Å². The number of carboxylic acids is 1. The number of nitrogen functional groups attached to an aromatic ring is 1. The molecule has 0 saturated heterocycles. The minimum atomic E-state index is -1.36. The van der Waals surface area contributed by atoms with Gasteiger partial charge in [0, 0.05) is 11.1 Å². The minimum Gasteiger partial charge on any atom is -0.504 e. The maximum absolute atomic E-state index is 12.8. The zero-order chi connectivity index (χ0) is 32.3. The number of phenols is 1. The molecule has 2 heterocycles. The number of Topliss-reactive ketones (excluding diaryl/α,β-unsaturated/α-hetero) is 2. The first-order valence-corrected chi connectivity index (χ1v) is 13.8. The number of carbonyl (C=O) groups is 3. The van der Waals surface area contributed by atoms with Crippen molar-refractivity contribution in [1.29, 1.82) is 0 Å². The number of ether oxygens (including phenoxy) is 3. The molecule has 2 aliphatic carbocycles. The molecule has 5 rings (SSSR count). The Balaban J connectivity index is 0.000000555. The number of pyridine rings is 2. The Labute approximate surface area is 253 Å². The lowest BCUT2D eigenvalue weighted by atomic mass is 9.93. The van der Waals surface area contributed by atoms with Crippen LogP contribution >= 0.6 is 0 Å². The van der Waals surface area contributed by atoms with Crippen LogP contribution in [0.4, 0.5) is 5.69 Å². The molecule has 1 saturated carbocycles. The summed E-state index contributed by atoms with van der Waals surface area (Å²) in [7, 11) is 3.95. The van der Waals surface area contributed by atoms with Crippen molar-refractivity contribution in [2.24, 2.45) is 5.73 Å². The molecule has 1 fully saturated rings. The lowest BCUT2D eigenvalue weighted by Crippen LogP contribution is -2.28. The topological polar surface area (TPSA) is 217 Å². The van der Waals surface area contributed by atoms with Crippen molar-refractivity contribution in [2.45, 2.75) is 45.1 Å². The second-order valence-corrected chi connectivity index (χ2v) is 10.2. The maximum Gasteiger partial charge on any atom is 0.354 e. The van der Waals surface area contributed by atoms with Gasteiger partial charge in [-0.1, -0.05) is 19.3 Å². The second-order valence-electron chi connectivity index (χ2n) is 10.2. The van der Waals surface area contributed by atoms with Gasteiger partial charge < -0.3 is 41.0 Å². The van der Waals surface area contributed by atoms with Crippen LogP contribution in [-0.2, 0) is 4.74 Å². The van der Waals surface area contributed by atoms with Crippen molar-refractivity contribution < 1.29 is 43.9 Å². The zero-order valence-electron chi connectivity index (χ0n) is 24.8. The molecule has 3 aromatic rings. The molecular formula is C31H34N4O9. The first kappa shape index (κ1) is 31.8. The van der Waals surface area contributed by atoms with Crippen molar-refractivity contribution in [2.75, 3.05) is 27.1 Å². The SMILES string of the molecule is COC1=C(N)C(=O)c2nc(-c3nc(C(=O)O)c(C)c(-c4ccc(OC)c(OC)c4O)c3N)ccc2C1=O.OC1CCCCC1. The van der Waals surface area contributed by atoms with E-state index in [1.165, 1.54) is 71.8 Å². The van der Waals surface area contributed by atoms with Gasteiger partial charge in [0.1, 0.15) is 17.1 Å². The lowest BCUT2D eigenvalue weighted by Gasteiger charge is -2.20. The van der Waals surface area contributed by atoms with E-state index in [0.717, 1.165) is 12.8 Å². The van der Waals surface area contributed by atoms with Crippen molar-refractivity contribution in [3.05, 3.63) is 58.2 Å². The van der Waals surface area contributed by atoms with Gasteiger partial charge in [-0.05, 0) is 49.6 Å². The van der Waals surface area contributed by atoms with Crippen molar-refractivity contribution in [3.8, 4) is 39.8 Å². The first-order chi connectivity index (χ1) is 21.0. The molecule has 44 heavy (non-hydrogen) atoms. The average molecular weight is 607 g/mol. The summed E-state index contributed by atoms with van der Waals surface area (Å²) < 4.78 is 15.4. The number of rotatable bonds is 6. The van der Waals surface area contributed by atoms with Crippen LogP contribution in [0.1, 0.15) is 69.0 Å². The molecular weight excluding hydrogens is 572 g/mol. The number of aliphatic hydroxyl groups is 1. The summed E-state index contributed by atoms with van der Waals surface area (Å²) in [6.45, 7) is 1.49. The van der Waals surface area contributed by atoms with Gasteiger partial charge in [0.25, 0.3) is 0 Å². The van der Waals surface area contributed by atoms with Gasteiger partial charge in [-0.3, -0.25) is 9.59 Å². The number of nitrogens with two attached hydrogens (primary N) is 2. The standard InChI is InChI=1S/C25H22N4O8.C6H12O/c1-9-14(10-6-8-13(35-2)23(36-3)20(10)30)15(26)19(29-17(9)25(33)34)12-7-5-11-18(28-12)22(32)16(27)24(37-4)21(11)31;7-6-4-2-1-3-5-6/h5-8,30H,26-27H2,1-4H3,(H,33,34);6-7H,1-5H2. The number of aromatic hydroxyl groups is 1. The highest BCUT2D eigenvalue weighted by atomic mass is 16.5. The van der Waals surface area contributed by atoms with Gasteiger partial charge >= 0.3 is 5.97 Å². The van der Waals surface area contributed by atoms with Crippen LogP contribution in [0.3, 0.4) is 0 Å². The Morgan fingerprint density at radius 3 is 2.09 bits per heavy atom. The number of benzene rings is 1. The van der Waals surface area contributed by atoms with Crippen LogP contribution in [-0.4, -0.2) is 70.3 Å². The molecule has 232 valence electrons. The number of carbonyl (C=O) groups excluding carboxylic acids is 2. The van der Waals surface area contributed by atoms with Gasteiger partial charge in [-0.2, -0.15) is 0 Å². The third-order valence-electron chi connectivity index (χ3n) is 7.54. The van der Waals surface area contributed by atoms with Crippen LogP contribution in [0.15, 0.2) is 35.7 Å². The first-order valence-electron chi connectivity index (χ1n) is 13.8. The largest absolute Gasteiger partial charge is 0.504 e. The van der Waals surface area contributed by atoms with E-state index in [2.05, 4.69) is 9.97 Å². The van der Waals surface area contributed by atoms with E-state index in [9.17, 15) is 24.6 Å². The Hall–Kier alpha value is -5.17. The van der Waals surface area contributed by atoms with Gasteiger partial charge in [0.05, 0.1) is 44.4 Å². The number of nitrogens with zero attached hydrogens (tertiary/aromatic N) is 2. The van der Waals surface area contributed by atoms with Crippen molar-refractivity contribution >= 4 is 23.2 Å². The summed E-state index contributed by atoms with van der Waals surface area (Å²) in [5.41, 5.74) is 11.6. The highest BCUT2D eigenvalue weighted by Gasteiger charge is 2.34. The maximum atomic E-state index is 12.8. The summed E-state index contributed by atoms with van der Waals surface area (Å²) in [6.07, 6.45) is 5.92. The number of aromatic nitrogens is 2. The average Bonchev–Trinajstić information content (AvgIpc) is 3.01. The Morgan fingerprint density at radius 2 is 1.55 bits per heavy atom. The summed E-state index contributed by atoms with van der Waals surface area (Å²) in [5.74, 6) is -3.10. The molecule has 7 N–H and O–H groups in total. The second kappa shape index (κ2) is 13.0. The van der Waals surface area contributed by atoms with E-state index in [4.69, 9.17) is 30.8 Å². The zero-order valence-corrected chi connectivity index (χ0v) is 24.8. The number of aliphatic hydroxyl groups excluding tert-OH is 1. The van der Waals surface area contributed by atoms with Gasteiger partial charge in [0.15, 0.2) is 23.0 Å². The van der Waals surface area contributed by atoms with Crippen LogP contribution in [0.5, 0.6) is 17.2 Å². The molecule has 1 aromatic carbocycles. The van der Waals surface area contributed by atoms with Crippen LogP contribution in [0.25, 0.3) is 22.5 Å². The highest BCUT2D eigenvalue weighted by molar-refractivity contribution is 6.25. The molecule has 2 aliphatic rings. The molecule has 13 nitrogen and oxygen atoms in total. The quantitative estimate of drug-likeness (QED) is 0.271. The number of hydrogen-bond donors (Lipinski definition) is 5. The lowest BCUT2D eigenvalue weighted by molar-refractivity contribution is 0.0689. The van der Waals surface area contributed by atoms with Crippen LogP contribution in [0.2, 0.25) is 0 Å². The van der Waals surface area contributed by atoms with Crippen LogP contribution in [0, 0.1) is 6.92 Å². The number of carboxylic acid groups (broad SMARTS) is 1. The summed E-state index contributed by atoms with van der Waals surface area (Å²) in [6, 6.07) is 5.72. The molecule has 0 radical (unpaired) electrons. The predicted molar refractivity (Wildman–Crippen MR) is 160 cm³/mol. The number of phenolic OH excluding ortho intramolecular Hbond substituents is 1. The summed E-state index contributed by atoms with van der Waals surface area (Å²) in [5, 5.41) is 29.7. The number of anilines is 1. The fraction of sp³-hybridized carbons (Fsp3) is 0.323. The van der Waals surface area contributed by atoms with Crippen molar-refractivity contribution in [3.63, 3.8) is 0 Å². The molecule has 0 unspecified atom stereocenters. The summed E-state index contributed by atoms with van der Waals surface area (Å²) >= 11 is 0. The number of ketones is 2. The predicted octanol–water partition coefficient (Wildman–Crippen LogP) is 3.63. The molecule has 2 aromatic heterocycles. The Bertz CT molecular complexity index is 1680. The fourth-order valence-electron chi connectivity index (χ4n) is 5.26. The number of methoxy groups -OCH3 is 3. The van der Waals surface area contributed by atoms with E-state index in [-0.39, 0.29) is 79.8 Å². The third-order valence-corrected chi connectivity index (χ3v) is 7.54. The normalized spacial score (nSPS) is 14.8. The number of fused-ring (bicyclic) bond motifs is 1. The molecule has 0 atom stereocenters. The van der Waals surface area contributed by atoms with Crippen LogP contribution < -0.4 is 20.9 Å². The molecule has 0 bridgehead atoms. The van der Waals surface area contributed by atoms with Gasteiger partial charge in [-0.15, -0.1) is 0 Å². The van der Waals surface area contributed by atoms with Crippen molar-refractivity contribution in [1.82, 2.24) is 9.97 Å². The monoisotopic (exact) mass is 606 g/mol. The number of hydrogen-bond acceptors (Lipinski definition) is 12. The number of allylic oxidation sites excluding steroid dienone is 2. The highest BCUT2D eigenvalue weighted by Crippen LogP contribution is 2.47. The Kier molecular flexibility index (Phi) is 9.38. The van der Waals surface area contributed by atoms with E-state index < -0.39 is 23.2 Å². The fourth-order valence-corrected chi connectivity index (χ4v) is 5.26. The third kappa shape index (κ3) is 5.73. The van der Waals surface area contributed by atoms with E-state index in [0.29, 0.717) is 0 Å². The number of aromatic carboxylic acids is 1. The molecule has 0 aliphatic heterocycles. The molecule has 0 amide bonds.